The number of ether oxygens (including phenoxy) is 2. The molecule has 1 aromatic rings. The fourth-order valence-electron chi connectivity index (χ4n) is 2.23. The summed E-state index contributed by atoms with van der Waals surface area (Å²) >= 11 is 0. The SMILES string of the molecule is COc1nc(N)nc(OCC2CCCCCC2)n1. The molecule has 1 aliphatic carbocycles. The maximum Gasteiger partial charge on any atom is 0.324 e. The molecule has 0 unspecified atom stereocenters. The zero-order valence-electron chi connectivity index (χ0n) is 10.8. The molecule has 6 nitrogen and oxygen atoms in total. The minimum atomic E-state index is 0.123. The molecular formula is C12H20N4O2. The summed E-state index contributed by atoms with van der Waals surface area (Å²) < 4.78 is 10.5. The molecule has 0 saturated heterocycles. The fraction of sp³-hybridized carbons (Fsp3) is 0.750. The topological polar surface area (TPSA) is 83.2 Å². The first-order valence-corrected chi connectivity index (χ1v) is 6.46. The van der Waals surface area contributed by atoms with Gasteiger partial charge in [-0.05, 0) is 18.8 Å². The van der Waals surface area contributed by atoms with Gasteiger partial charge in [0.15, 0.2) is 0 Å². The normalized spacial score (nSPS) is 17.2. The van der Waals surface area contributed by atoms with Crippen molar-refractivity contribution in [3.8, 4) is 12.0 Å². The Kier molecular flexibility index (Phi) is 4.55. The van der Waals surface area contributed by atoms with Crippen LogP contribution in [-0.2, 0) is 0 Å². The highest BCUT2D eigenvalue weighted by Crippen LogP contribution is 2.23. The van der Waals surface area contributed by atoms with Crippen LogP contribution in [0.2, 0.25) is 0 Å². The molecule has 18 heavy (non-hydrogen) atoms. The van der Waals surface area contributed by atoms with Gasteiger partial charge in [0.1, 0.15) is 0 Å². The van der Waals surface area contributed by atoms with Crippen molar-refractivity contribution < 1.29 is 9.47 Å². The van der Waals surface area contributed by atoms with Crippen LogP contribution in [0.1, 0.15) is 38.5 Å². The van der Waals surface area contributed by atoms with Gasteiger partial charge in [0.05, 0.1) is 13.7 Å². The molecule has 0 aromatic carbocycles. The number of methoxy groups -OCH3 is 1. The van der Waals surface area contributed by atoms with Gasteiger partial charge < -0.3 is 15.2 Å². The van der Waals surface area contributed by atoms with Crippen molar-refractivity contribution in [1.29, 1.82) is 0 Å². The molecule has 100 valence electrons. The van der Waals surface area contributed by atoms with Gasteiger partial charge >= 0.3 is 12.0 Å². The molecule has 0 atom stereocenters. The number of rotatable bonds is 4. The van der Waals surface area contributed by atoms with E-state index in [1.807, 2.05) is 0 Å². The van der Waals surface area contributed by atoms with Gasteiger partial charge in [-0.2, -0.15) is 9.97 Å². The summed E-state index contributed by atoms with van der Waals surface area (Å²) in [6.07, 6.45) is 7.69. The molecular weight excluding hydrogens is 232 g/mol. The number of aromatic nitrogens is 3. The Balaban J connectivity index is 1.90. The quantitative estimate of drug-likeness (QED) is 0.823. The lowest BCUT2D eigenvalue weighted by Gasteiger charge is -2.14. The van der Waals surface area contributed by atoms with Crippen molar-refractivity contribution in [1.82, 2.24) is 15.0 Å². The van der Waals surface area contributed by atoms with Gasteiger partial charge in [-0.15, -0.1) is 4.98 Å². The summed E-state index contributed by atoms with van der Waals surface area (Å²) in [6, 6.07) is 0.446. The molecule has 2 N–H and O–H groups in total. The second-order valence-corrected chi connectivity index (χ2v) is 4.63. The molecule has 1 saturated carbocycles. The minimum absolute atomic E-state index is 0.123. The van der Waals surface area contributed by atoms with Crippen LogP contribution in [0, 0.1) is 5.92 Å². The highest BCUT2D eigenvalue weighted by Gasteiger charge is 2.14. The van der Waals surface area contributed by atoms with E-state index in [4.69, 9.17) is 15.2 Å². The van der Waals surface area contributed by atoms with Gasteiger partial charge in [-0.3, -0.25) is 0 Å². The Hall–Kier alpha value is -1.59. The Bertz CT molecular complexity index is 378. The largest absolute Gasteiger partial charge is 0.467 e. The van der Waals surface area contributed by atoms with Crippen LogP contribution in [0.15, 0.2) is 0 Å². The Morgan fingerprint density at radius 1 is 1.06 bits per heavy atom. The lowest BCUT2D eigenvalue weighted by Crippen LogP contribution is -2.13. The summed E-state index contributed by atoms with van der Waals surface area (Å²) in [6.45, 7) is 0.645. The maximum absolute atomic E-state index is 5.60. The molecule has 0 radical (unpaired) electrons. The van der Waals surface area contributed by atoms with Crippen LogP contribution in [-0.4, -0.2) is 28.7 Å². The Morgan fingerprint density at radius 3 is 2.39 bits per heavy atom. The van der Waals surface area contributed by atoms with Crippen molar-refractivity contribution >= 4 is 5.95 Å². The zero-order chi connectivity index (χ0) is 12.8. The number of hydrogen-bond acceptors (Lipinski definition) is 6. The molecule has 1 heterocycles. The lowest BCUT2D eigenvalue weighted by atomic mass is 10.0. The molecule has 1 fully saturated rings. The van der Waals surface area contributed by atoms with Crippen molar-refractivity contribution in [2.45, 2.75) is 38.5 Å². The second-order valence-electron chi connectivity index (χ2n) is 4.63. The molecule has 0 spiro atoms. The van der Waals surface area contributed by atoms with Crippen LogP contribution in [0.5, 0.6) is 12.0 Å². The van der Waals surface area contributed by atoms with Crippen LogP contribution in [0.4, 0.5) is 5.95 Å². The number of hydrogen-bond donors (Lipinski definition) is 1. The first-order valence-electron chi connectivity index (χ1n) is 6.46. The van der Waals surface area contributed by atoms with E-state index >= 15 is 0 Å². The summed E-state index contributed by atoms with van der Waals surface area (Å²) in [5.74, 6) is 0.717. The van der Waals surface area contributed by atoms with E-state index < -0.39 is 0 Å². The molecule has 0 aliphatic heterocycles. The van der Waals surface area contributed by atoms with E-state index in [1.54, 1.807) is 0 Å². The smallest absolute Gasteiger partial charge is 0.324 e. The van der Waals surface area contributed by atoms with E-state index in [-0.39, 0.29) is 18.0 Å². The highest BCUT2D eigenvalue weighted by molar-refractivity contribution is 5.20. The van der Waals surface area contributed by atoms with Crippen molar-refractivity contribution in [2.24, 2.45) is 5.92 Å². The monoisotopic (exact) mass is 252 g/mol. The third-order valence-electron chi connectivity index (χ3n) is 3.22. The summed E-state index contributed by atoms with van der Waals surface area (Å²) in [5, 5.41) is 0. The van der Waals surface area contributed by atoms with E-state index in [0.29, 0.717) is 12.5 Å². The molecule has 0 amide bonds. The lowest BCUT2D eigenvalue weighted by molar-refractivity contribution is 0.214. The predicted octanol–water partition coefficient (Wildman–Crippen LogP) is 1.81. The Labute approximate surface area is 107 Å². The van der Waals surface area contributed by atoms with Gasteiger partial charge in [0.25, 0.3) is 0 Å². The number of nitrogens with two attached hydrogens (primary N) is 1. The number of anilines is 1. The Morgan fingerprint density at radius 2 is 1.72 bits per heavy atom. The van der Waals surface area contributed by atoms with E-state index in [2.05, 4.69) is 15.0 Å². The maximum atomic E-state index is 5.60. The van der Waals surface area contributed by atoms with Gasteiger partial charge in [0.2, 0.25) is 5.95 Å². The molecule has 2 rings (SSSR count). The average Bonchev–Trinajstić information content (AvgIpc) is 2.64. The minimum Gasteiger partial charge on any atom is -0.467 e. The van der Waals surface area contributed by atoms with Gasteiger partial charge in [-0.25, -0.2) is 0 Å². The molecule has 1 aliphatic rings. The summed E-state index contributed by atoms with van der Waals surface area (Å²) in [5.41, 5.74) is 5.55. The first kappa shape index (κ1) is 12.9. The first-order chi connectivity index (χ1) is 8.78. The van der Waals surface area contributed by atoms with Crippen LogP contribution >= 0.6 is 0 Å². The van der Waals surface area contributed by atoms with Crippen LogP contribution in [0.25, 0.3) is 0 Å². The third kappa shape index (κ3) is 3.72. The fourth-order valence-corrected chi connectivity index (χ4v) is 2.23. The standard InChI is InChI=1S/C12H20N4O2/c1-17-11-14-10(13)15-12(16-11)18-8-9-6-4-2-3-5-7-9/h9H,2-8H2,1H3,(H2,13,14,15,16). The highest BCUT2D eigenvalue weighted by atomic mass is 16.5. The van der Waals surface area contributed by atoms with Crippen molar-refractivity contribution in [3.63, 3.8) is 0 Å². The van der Waals surface area contributed by atoms with Crippen molar-refractivity contribution in [2.75, 3.05) is 19.5 Å². The van der Waals surface area contributed by atoms with E-state index in [9.17, 15) is 0 Å². The number of nitrogens with zero attached hydrogens (tertiary/aromatic N) is 3. The molecule has 6 heteroatoms. The van der Waals surface area contributed by atoms with E-state index in [0.717, 1.165) is 0 Å². The number of nitrogen functional groups attached to an aromatic ring is 1. The van der Waals surface area contributed by atoms with Crippen LogP contribution in [0.3, 0.4) is 0 Å². The van der Waals surface area contributed by atoms with E-state index in [1.165, 1.54) is 45.6 Å². The average molecular weight is 252 g/mol. The predicted molar refractivity (Wildman–Crippen MR) is 67.5 cm³/mol. The van der Waals surface area contributed by atoms with Gasteiger partial charge in [0, 0.05) is 0 Å². The summed E-state index contributed by atoms with van der Waals surface area (Å²) in [7, 11) is 1.49. The van der Waals surface area contributed by atoms with Crippen LogP contribution < -0.4 is 15.2 Å². The van der Waals surface area contributed by atoms with Crippen molar-refractivity contribution in [3.05, 3.63) is 0 Å². The van der Waals surface area contributed by atoms with Gasteiger partial charge in [-0.1, -0.05) is 25.7 Å². The zero-order valence-corrected chi connectivity index (χ0v) is 10.8. The molecule has 1 aromatic heterocycles. The second kappa shape index (κ2) is 6.37. The summed E-state index contributed by atoms with van der Waals surface area (Å²) in [4.78, 5) is 11.8. The third-order valence-corrected chi connectivity index (χ3v) is 3.22. The molecule has 0 bridgehead atoms.